The number of rotatable bonds is 61. The summed E-state index contributed by atoms with van der Waals surface area (Å²) in [7, 11) is 0. The number of carbonyl (C=O) groups excluding carboxylic acids is 3. The lowest BCUT2D eigenvalue weighted by Gasteiger charge is -2.18. The molecule has 0 amide bonds. The van der Waals surface area contributed by atoms with E-state index in [2.05, 4.69) is 130 Å². The molecule has 0 aliphatic heterocycles. The summed E-state index contributed by atoms with van der Waals surface area (Å²) in [4.78, 5) is 38.4. The number of carbonyl (C=O) groups is 3. The van der Waals surface area contributed by atoms with Gasteiger partial charge in [0.15, 0.2) is 6.10 Å². The molecule has 0 bridgehead atoms. The van der Waals surface area contributed by atoms with Crippen molar-refractivity contribution < 1.29 is 28.6 Å². The Morgan fingerprint density at radius 1 is 0.263 bits per heavy atom. The first-order valence-electron chi connectivity index (χ1n) is 33.9. The largest absolute Gasteiger partial charge is 0.462 e. The SMILES string of the molecule is CC/C=C\C/C=C\C/C=C\C/C=C\C/C=C\CCCCCC(=O)OC(COC(=O)CCCCCCCCCCCCCC/C=C\C/C=C\C/C=C\C/C=C\CC)COC(=O)CCCCCCCCCCCCCCCCCCCC. The van der Waals surface area contributed by atoms with E-state index in [9.17, 15) is 14.4 Å². The number of ether oxygens (including phenoxy) is 3. The number of hydrogen-bond acceptors (Lipinski definition) is 6. The molecular weight excluding hydrogens is 985 g/mol. The monoisotopic (exact) mass is 1110 g/mol. The molecule has 0 saturated heterocycles. The van der Waals surface area contributed by atoms with Gasteiger partial charge in [0.2, 0.25) is 0 Å². The van der Waals surface area contributed by atoms with Gasteiger partial charge in [0, 0.05) is 19.3 Å². The van der Waals surface area contributed by atoms with Crippen LogP contribution in [-0.4, -0.2) is 37.2 Å². The smallest absolute Gasteiger partial charge is 0.306 e. The Kier molecular flexibility index (Phi) is 64.3. The van der Waals surface area contributed by atoms with Gasteiger partial charge in [-0.2, -0.15) is 0 Å². The van der Waals surface area contributed by atoms with E-state index in [1.807, 2.05) is 0 Å². The maximum atomic E-state index is 12.9. The highest BCUT2D eigenvalue weighted by atomic mass is 16.6. The Hall–Kier alpha value is -3.93. The van der Waals surface area contributed by atoms with E-state index in [-0.39, 0.29) is 37.5 Å². The van der Waals surface area contributed by atoms with E-state index in [1.54, 1.807) is 0 Å². The van der Waals surface area contributed by atoms with Crippen molar-refractivity contribution >= 4 is 17.9 Å². The Balaban J connectivity index is 4.39. The third-order valence-electron chi connectivity index (χ3n) is 14.5. The van der Waals surface area contributed by atoms with Crippen LogP contribution in [0.2, 0.25) is 0 Å². The van der Waals surface area contributed by atoms with Crippen LogP contribution in [0.25, 0.3) is 0 Å². The molecule has 0 N–H and O–H groups in total. The molecule has 0 spiro atoms. The van der Waals surface area contributed by atoms with Crippen LogP contribution in [0.4, 0.5) is 0 Å². The fourth-order valence-corrected chi connectivity index (χ4v) is 9.52. The van der Waals surface area contributed by atoms with E-state index < -0.39 is 6.10 Å². The van der Waals surface area contributed by atoms with E-state index in [1.165, 1.54) is 161 Å². The summed E-state index contributed by atoms with van der Waals surface area (Å²) in [6.07, 6.45) is 92.4. The Bertz CT molecular complexity index is 1610. The van der Waals surface area contributed by atoms with Crippen molar-refractivity contribution in [3.05, 3.63) is 109 Å². The molecule has 1 unspecified atom stereocenters. The minimum Gasteiger partial charge on any atom is -0.462 e. The van der Waals surface area contributed by atoms with Gasteiger partial charge in [-0.1, -0.05) is 310 Å². The van der Waals surface area contributed by atoms with Crippen molar-refractivity contribution in [2.45, 2.75) is 329 Å². The van der Waals surface area contributed by atoms with Gasteiger partial charge < -0.3 is 14.2 Å². The van der Waals surface area contributed by atoms with Crippen LogP contribution in [-0.2, 0) is 28.6 Å². The molecule has 0 aromatic rings. The first kappa shape index (κ1) is 76.1. The fourth-order valence-electron chi connectivity index (χ4n) is 9.52. The quantitative estimate of drug-likeness (QED) is 0.0261. The van der Waals surface area contributed by atoms with Crippen LogP contribution >= 0.6 is 0 Å². The molecule has 0 aromatic carbocycles. The topological polar surface area (TPSA) is 78.9 Å². The molecule has 1 atom stereocenters. The number of unbranched alkanes of at least 4 members (excludes halogenated alkanes) is 32. The summed E-state index contributed by atoms with van der Waals surface area (Å²) >= 11 is 0. The highest BCUT2D eigenvalue weighted by Gasteiger charge is 2.19. The van der Waals surface area contributed by atoms with E-state index >= 15 is 0 Å². The summed E-state index contributed by atoms with van der Waals surface area (Å²) in [5.41, 5.74) is 0. The second kappa shape index (κ2) is 67.6. The molecule has 0 fully saturated rings. The Labute approximate surface area is 495 Å². The average Bonchev–Trinajstić information content (AvgIpc) is 3.46. The molecule has 458 valence electrons. The highest BCUT2D eigenvalue weighted by Crippen LogP contribution is 2.17. The van der Waals surface area contributed by atoms with Crippen LogP contribution in [0.3, 0.4) is 0 Å². The molecule has 0 saturated carbocycles. The molecule has 0 rings (SSSR count). The van der Waals surface area contributed by atoms with Gasteiger partial charge in [-0.3, -0.25) is 14.4 Å². The number of allylic oxidation sites excluding steroid dienone is 18. The zero-order chi connectivity index (χ0) is 57.8. The lowest BCUT2D eigenvalue weighted by molar-refractivity contribution is -0.167. The second-order valence-electron chi connectivity index (χ2n) is 22.3. The van der Waals surface area contributed by atoms with Crippen LogP contribution in [0.15, 0.2) is 109 Å². The van der Waals surface area contributed by atoms with Gasteiger partial charge in [-0.15, -0.1) is 0 Å². The van der Waals surface area contributed by atoms with Gasteiger partial charge in [-0.05, 0) is 103 Å². The van der Waals surface area contributed by atoms with Crippen LogP contribution in [0.1, 0.15) is 323 Å². The minimum absolute atomic E-state index is 0.0896. The zero-order valence-corrected chi connectivity index (χ0v) is 52.6. The number of hydrogen-bond donors (Lipinski definition) is 0. The number of esters is 3. The van der Waals surface area contributed by atoms with Gasteiger partial charge in [0.05, 0.1) is 0 Å². The van der Waals surface area contributed by atoms with Gasteiger partial charge in [0.1, 0.15) is 13.2 Å². The molecule has 0 heterocycles. The average molecular weight is 1110 g/mol. The summed E-state index contributed by atoms with van der Waals surface area (Å²) in [5, 5.41) is 0. The lowest BCUT2D eigenvalue weighted by Crippen LogP contribution is -2.30. The molecule has 6 heteroatoms. The lowest BCUT2D eigenvalue weighted by atomic mass is 10.0. The summed E-state index contributed by atoms with van der Waals surface area (Å²) in [5.74, 6) is -0.910. The van der Waals surface area contributed by atoms with Crippen molar-refractivity contribution in [3.8, 4) is 0 Å². The standard InChI is InChI=1S/C74H126O6/c1-4-7-10-13-16-19-22-25-28-31-34-35-36-37-38-39-41-43-46-49-52-55-58-61-64-67-73(76)79-70-71(69-78-72(75)66-63-60-57-54-51-48-45-42-33-30-27-24-21-18-15-12-9-6-3)80-74(77)68-65-62-59-56-53-50-47-44-40-32-29-26-23-20-17-14-11-8-5-2/h7-8,10-11,16-17,19-20,25-26,28-29,34-35,40,44,50,53,71H,4-6,9,12-15,18,21-24,27,30-33,36-39,41-43,45-49,51-52,54-70H2,1-3H3/b10-7-,11-8-,19-16-,20-17-,28-25-,29-26-,35-34-,44-40-,53-50-. The Morgan fingerprint density at radius 3 is 0.775 bits per heavy atom. The molecule has 0 aliphatic rings. The van der Waals surface area contributed by atoms with Crippen LogP contribution < -0.4 is 0 Å². The highest BCUT2D eigenvalue weighted by molar-refractivity contribution is 5.71. The summed E-state index contributed by atoms with van der Waals surface area (Å²) < 4.78 is 17.0. The Morgan fingerprint density at radius 2 is 0.487 bits per heavy atom. The molecule has 0 radical (unpaired) electrons. The van der Waals surface area contributed by atoms with Crippen molar-refractivity contribution in [2.24, 2.45) is 0 Å². The molecule has 0 aliphatic carbocycles. The van der Waals surface area contributed by atoms with Gasteiger partial charge in [0.25, 0.3) is 0 Å². The van der Waals surface area contributed by atoms with E-state index in [0.29, 0.717) is 12.8 Å². The predicted octanol–water partition coefficient (Wildman–Crippen LogP) is 23.4. The molecule has 6 nitrogen and oxygen atoms in total. The van der Waals surface area contributed by atoms with Gasteiger partial charge in [-0.25, -0.2) is 0 Å². The van der Waals surface area contributed by atoms with E-state index in [0.717, 1.165) is 122 Å². The van der Waals surface area contributed by atoms with Crippen molar-refractivity contribution in [1.82, 2.24) is 0 Å². The zero-order valence-electron chi connectivity index (χ0n) is 52.6. The molecule has 80 heavy (non-hydrogen) atoms. The fraction of sp³-hybridized carbons (Fsp3) is 0.716. The summed E-state index contributed by atoms with van der Waals surface area (Å²) in [6.45, 7) is 6.43. The molecular formula is C74H126O6. The maximum Gasteiger partial charge on any atom is 0.306 e. The van der Waals surface area contributed by atoms with Crippen molar-refractivity contribution in [1.29, 1.82) is 0 Å². The first-order chi connectivity index (χ1) is 39.5. The van der Waals surface area contributed by atoms with Crippen molar-refractivity contribution in [2.75, 3.05) is 13.2 Å². The van der Waals surface area contributed by atoms with E-state index in [4.69, 9.17) is 14.2 Å². The normalized spacial score (nSPS) is 12.8. The van der Waals surface area contributed by atoms with Crippen molar-refractivity contribution in [3.63, 3.8) is 0 Å². The minimum atomic E-state index is -0.798. The van der Waals surface area contributed by atoms with Gasteiger partial charge >= 0.3 is 17.9 Å². The maximum absolute atomic E-state index is 12.9. The third kappa shape index (κ3) is 64.9. The first-order valence-corrected chi connectivity index (χ1v) is 33.9. The summed E-state index contributed by atoms with van der Waals surface area (Å²) in [6, 6.07) is 0. The predicted molar refractivity (Wildman–Crippen MR) is 348 cm³/mol. The van der Waals surface area contributed by atoms with Crippen LogP contribution in [0, 0.1) is 0 Å². The second-order valence-corrected chi connectivity index (χ2v) is 22.3. The third-order valence-corrected chi connectivity index (χ3v) is 14.5. The van der Waals surface area contributed by atoms with Crippen LogP contribution in [0.5, 0.6) is 0 Å². The molecule has 0 aromatic heterocycles.